The lowest BCUT2D eigenvalue weighted by Gasteiger charge is -2.47. The van der Waals surface area contributed by atoms with Gasteiger partial charge < -0.3 is 45.1 Å². The third-order valence-corrected chi connectivity index (χ3v) is 5.39. The zero-order chi connectivity index (χ0) is 21.2. The van der Waals surface area contributed by atoms with E-state index in [2.05, 4.69) is 5.32 Å². The number of aliphatic hydroxyl groups is 4. The minimum atomic E-state index is -1.55. The molecule has 11 heteroatoms. The molecule has 11 nitrogen and oxygen atoms in total. The highest BCUT2D eigenvalue weighted by Gasteiger charge is 2.51. The van der Waals surface area contributed by atoms with Crippen LogP contribution in [0.25, 0.3) is 0 Å². The van der Waals surface area contributed by atoms with Crippen LogP contribution >= 0.6 is 0 Å². The Morgan fingerprint density at radius 2 is 1.79 bits per heavy atom. The van der Waals surface area contributed by atoms with Gasteiger partial charge >= 0.3 is 5.97 Å². The smallest absolute Gasteiger partial charge is 0.335 e. The number of hydrogen-bond donors (Lipinski definition) is 6. The molecule has 0 bridgehead atoms. The van der Waals surface area contributed by atoms with Crippen molar-refractivity contribution in [2.24, 2.45) is 5.92 Å². The highest BCUT2D eigenvalue weighted by molar-refractivity contribution is 5.74. The number of rotatable bonds is 6. The number of aliphatic hydroxyl groups excluding tert-OH is 4. The summed E-state index contributed by atoms with van der Waals surface area (Å²) in [4.78, 5) is 23.2. The van der Waals surface area contributed by atoms with Crippen molar-refractivity contribution in [2.75, 3.05) is 13.7 Å². The van der Waals surface area contributed by atoms with E-state index in [0.717, 1.165) is 0 Å². The number of carboxylic acids is 1. The monoisotopic (exact) mass is 407 g/mol. The van der Waals surface area contributed by atoms with Crippen molar-refractivity contribution in [3.8, 4) is 0 Å². The Morgan fingerprint density at radius 3 is 2.29 bits per heavy atom. The molecule has 0 spiro atoms. The molecular formula is C17H29NO10. The number of carbonyl (C=O) groups is 2. The van der Waals surface area contributed by atoms with Crippen molar-refractivity contribution in [1.82, 2.24) is 5.32 Å². The van der Waals surface area contributed by atoms with Crippen molar-refractivity contribution < 1.29 is 49.3 Å². The maximum absolute atomic E-state index is 11.6. The van der Waals surface area contributed by atoms with Gasteiger partial charge in [0.25, 0.3) is 0 Å². The first-order chi connectivity index (χ1) is 13.1. The van der Waals surface area contributed by atoms with Crippen LogP contribution in [-0.4, -0.2) is 106 Å². The lowest BCUT2D eigenvalue weighted by Crippen LogP contribution is -2.66. The average molecular weight is 407 g/mol. The quantitative estimate of drug-likeness (QED) is 0.270. The molecule has 1 saturated carbocycles. The molecule has 0 radical (unpaired) electrons. The number of ether oxygens (including phenoxy) is 3. The second-order valence-corrected chi connectivity index (χ2v) is 7.32. The van der Waals surface area contributed by atoms with Crippen LogP contribution in [0.4, 0.5) is 0 Å². The van der Waals surface area contributed by atoms with E-state index in [4.69, 9.17) is 14.2 Å². The van der Waals surface area contributed by atoms with E-state index in [1.165, 1.54) is 21.0 Å². The third-order valence-electron chi connectivity index (χ3n) is 5.39. The minimum Gasteiger partial charge on any atom is -0.479 e. The van der Waals surface area contributed by atoms with Crippen LogP contribution in [0.15, 0.2) is 0 Å². The van der Waals surface area contributed by atoms with Crippen LogP contribution in [0.5, 0.6) is 0 Å². The summed E-state index contributed by atoms with van der Waals surface area (Å²) in [6.45, 7) is 2.30. The van der Waals surface area contributed by atoms with Crippen molar-refractivity contribution in [3.63, 3.8) is 0 Å². The number of carboxylic acid groups (broad SMARTS) is 1. The summed E-state index contributed by atoms with van der Waals surface area (Å²) in [6, 6.07) is -0.876. The SMILES string of the molecule is COC1C(O)C(CO)CC(OC2C(C(=O)O)OC(C)C(O)C2O)C1NC(C)=O. The van der Waals surface area contributed by atoms with E-state index >= 15 is 0 Å². The third kappa shape index (κ3) is 4.62. The fourth-order valence-corrected chi connectivity index (χ4v) is 3.89. The molecule has 1 aliphatic carbocycles. The van der Waals surface area contributed by atoms with E-state index in [9.17, 15) is 35.1 Å². The van der Waals surface area contributed by atoms with Crippen molar-refractivity contribution in [3.05, 3.63) is 0 Å². The Morgan fingerprint density at radius 1 is 1.14 bits per heavy atom. The first-order valence-electron chi connectivity index (χ1n) is 9.11. The Kier molecular flexibility index (Phi) is 7.73. The zero-order valence-corrected chi connectivity index (χ0v) is 16.0. The Balaban J connectivity index is 2.31. The summed E-state index contributed by atoms with van der Waals surface area (Å²) in [7, 11) is 1.32. The fourth-order valence-electron chi connectivity index (χ4n) is 3.89. The molecule has 2 fully saturated rings. The normalized spacial score (nSPS) is 44.1. The summed E-state index contributed by atoms with van der Waals surface area (Å²) in [5.41, 5.74) is 0. The topological polar surface area (TPSA) is 175 Å². The highest BCUT2D eigenvalue weighted by atomic mass is 16.6. The van der Waals surface area contributed by atoms with Gasteiger partial charge in [-0.05, 0) is 13.3 Å². The van der Waals surface area contributed by atoms with Crippen LogP contribution in [0, 0.1) is 5.92 Å². The summed E-state index contributed by atoms with van der Waals surface area (Å²) < 4.78 is 16.4. The molecule has 10 unspecified atom stereocenters. The van der Waals surface area contributed by atoms with Gasteiger partial charge in [-0.1, -0.05) is 0 Å². The minimum absolute atomic E-state index is 0.0592. The molecular weight excluding hydrogens is 378 g/mol. The van der Waals surface area contributed by atoms with Gasteiger partial charge in [0.05, 0.1) is 24.4 Å². The van der Waals surface area contributed by atoms with Gasteiger partial charge in [0.15, 0.2) is 6.10 Å². The first-order valence-corrected chi connectivity index (χ1v) is 9.11. The van der Waals surface area contributed by atoms with Crippen molar-refractivity contribution in [1.29, 1.82) is 0 Å². The largest absolute Gasteiger partial charge is 0.479 e. The van der Waals surface area contributed by atoms with Gasteiger partial charge in [-0.15, -0.1) is 0 Å². The Hall–Kier alpha value is -1.34. The first kappa shape index (κ1) is 22.9. The van der Waals surface area contributed by atoms with Gasteiger partial charge in [-0.2, -0.15) is 0 Å². The molecule has 0 aromatic carbocycles. The van der Waals surface area contributed by atoms with Crippen molar-refractivity contribution in [2.45, 2.75) is 75.1 Å². The lowest BCUT2D eigenvalue weighted by atomic mass is 9.79. The maximum atomic E-state index is 11.6. The summed E-state index contributed by atoms with van der Waals surface area (Å²) >= 11 is 0. The second kappa shape index (κ2) is 9.44. The standard InChI is InChI=1S/C17H29NO10/c1-6-11(21)13(23)15(16(27-6)17(24)25)28-9-4-8(5-19)12(22)14(26-3)10(9)18-7(2)20/h6,8-16,19,21-23H,4-5H2,1-3H3,(H,18,20)(H,24,25). The van der Waals surface area contributed by atoms with E-state index in [1.54, 1.807) is 0 Å². The summed E-state index contributed by atoms with van der Waals surface area (Å²) in [6.07, 6.45) is -9.72. The molecule has 2 rings (SSSR count). The Bertz CT molecular complexity index is 560. The van der Waals surface area contributed by atoms with Crippen LogP contribution in [-0.2, 0) is 23.8 Å². The molecule has 1 saturated heterocycles. The van der Waals surface area contributed by atoms with Crippen LogP contribution in [0.3, 0.4) is 0 Å². The number of nitrogens with one attached hydrogen (secondary N) is 1. The molecule has 10 atom stereocenters. The van der Waals surface area contributed by atoms with Gasteiger partial charge in [0, 0.05) is 26.6 Å². The average Bonchev–Trinajstić information content (AvgIpc) is 2.63. The fraction of sp³-hybridized carbons (Fsp3) is 0.882. The number of aliphatic carboxylic acids is 1. The molecule has 162 valence electrons. The van der Waals surface area contributed by atoms with E-state index in [0.29, 0.717) is 0 Å². The van der Waals surface area contributed by atoms with Gasteiger partial charge in [0.1, 0.15) is 24.4 Å². The molecule has 1 heterocycles. The van der Waals surface area contributed by atoms with Crippen LogP contribution in [0.2, 0.25) is 0 Å². The number of methoxy groups -OCH3 is 1. The second-order valence-electron chi connectivity index (χ2n) is 7.32. The molecule has 6 N–H and O–H groups in total. The summed E-state index contributed by atoms with van der Waals surface area (Å²) in [5.74, 6) is -2.47. The van der Waals surface area contributed by atoms with Gasteiger partial charge in [-0.3, -0.25) is 4.79 Å². The molecule has 1 amide bonds. The highest BCUT2D eigenvalue weighted by Crippen LogP contribution is 2.33. The van der Waals surface area contributed by atoms with E-state index in [1.807, 2.05) is 0 Å². The van der Waals surface area contributed by atoms with Crippen LogP contribution < -0.4 is 5.32 Å². The maximum Gasteiger partial charge on any atom is 0.335 e. The van der Waals surface area contributed by atoms with E-state index < -0.39 is 72.7 Å². The predicted molar refractivity (Wildman–Crippen MR) is 92.2 cm³/mol. The van der Waals surface area contributed by atoms with E-state index in [-0.39, 0.29) is 13.0 Å². The molecule has 28 heavy (non-hydrogen) atoms. The molecule has 0 aromatic rings. The van der Waals surface area contributed by atoms with Gasteiger partial charge in [0.2, 0.25) is 5.91 Å². The van der Waals surface area contributed by atoms with Crippen molar-refractivity contribution >= 4 is 11.9 Å². The molecule has 0 aromatic heterocycles. The number of carbonyl (C=O) groups excluding carboxylic acids is 1. The lowest BCUT2D eigenvalue weighted by molar-refractivity contribution is -0.255. The number of hydrogen-bond acceptors (Lipinski definition) is 9. The van der Waals surface area contributed by atoms with Gasteiger partial charge in [-0.25, -0.2) is 4.79 Å². The van der Waals surface area contributed by atoms with Crippen LogP contribution in [0.1, 0.15) is 20.3 Å². The summed E-state index contributed by atoms with van der Waals surface area (Å²) in [5, 5.41) is 52.5. The predicted octanol–water partition coefficient (Wildman–Crippen LogP) is -2.77. The molecule has 1 aliphatic heterocycles. The zero-order valence-electron chi connectivity index (χ0n) is 16.0. The molecule has 2 aliphatic rings. The Labute approximate surface area is 162 Å². The number of amides is 1.